The number of aryl methyl sites for hydroxylation is 1. The molecule has 5 heteroatoms. The molecule has 0 aliphatic heterocycles. The Balaban J connectivity index is 2.19. The SMILES string of the molecule is CCCn1ccn(Cc2ccc(Br)o2)c1=O. The molecule has 0 aliphatic rings. The lowest BCUT2D eigenvalue weighted by molar-refractivity contribution is 0.468. The average molecular weight is 285 g/mol. The summed E-state index contributed by atoms with van der Waals surface area (Å²) in [5.41, 5.74) is 0.00868. The van der Waals surface area contributed by atoms with E-state index in [1.165, 1.54) is 0 Å². The van der Waals surface area contributed by atoms with Gasteiger partial charge < -0.3 is 4.42 Å². The van der Waals surface area contributed by atoms with Gasteiger partial charge in [0.25, 0.3) is 0 Å². The molecule has 0 radical (unpaired) electrons. The molecule has 0 spiro atoms. The molecule has 0 aromatic carbocycles. The smallest absolute Gasteiger partial charge is 0.328 e. The Labute approximate surface area is 102 Å². The monoisotopic (exact) mass is 284 g/mol. The maximum atomic E-state index is 11.8. The standard InChI is InChI=1S/C11H13BrN2O2/c1-2-5-13-6-7-14(11(13)15)8-9-3-4-10(12)16-9/h3-4,6-7H,2,5,8H2,1H3. The number of nitrogens with zero attached hydrogens (tertiary/aromatic N) is 2. The maximum Gasteiger partial charge on any atom is 0.328 e. The molecule has 0 saturated carbocycles. The molecule has 0 saturated heterocycles. The second kappa shape index (κ2) is 4.74. The Kier molecular flexibility index (Phi) is 3.33. The number of aromatic nitrogens is 2. The van der Waals surface area contributed by atoms with Crippen LogP contribution in [0.15, 0.2) is 38.4 Å². The molecular weight excluding hydrogens is 272 g/mol. The van der Waals surface area contributed by atoms with Crippen LogP contribution >= 0.6 is 15.9 Å². The van der Waals surface area contributed by atoms with Crippen molar-refractivity contribution in [1.29, 1.82) is 0 Å². The van der Waals surface area contributed by atoms with Crippen LogP contribution in [0, 0.1) is 0 Å². The van der Waals surface area contributed by atoms with Crippen LogP contribution in [-0.4, -0.2) is 9.13 Å². The highest BCUT2D eigenvalue weighted by Crippen LogP contribution is 2.14. The van der Waals surface area contributed by atoms with Gasteiger partial charge in [-0.3, -0.25) is 9.13 Å². The third kappa shape index (κ3) is 2.29. The topological polar surface area (TPSA) is 40.1 Å². The second-order valence-electron chi connectivity index (χ2n) is 3.61. The third-order valence-electron chi connectivity index (χ3n) is 2.34. The molecular formula is C11H13BrN2O2. The highest BCUT2D eigenvalue weighted by atomic mass is 79.9. The summed E-state index contributed by atoms with van der Waals surface area (Å²) in [7, 11) is 0. The van der Waals surface area contributed by atoms with E-state index in [9.17, 15) is 4.79 Å². The highest BCUT2D eigenvalue weighted by molar-refractivity contribution is 9.10. The molecule has 86 valence electrons. The molecule has 0 amide bonds. The molecule has 2 heterocycles. The van der Waals surface area contributed by atoms with Gasteiger partial charge in [-0.15, -0.1) is 0 Å². The van der Waals surface area contributed by atoms with Crippen molar-refractivity contribution in [3.05, 3.63) is 45.4 Å². The van der Waals surface area contributed by atoms with E-state index in [1.807, 2.05) is 25.3 Å². The molecule has 0 bridgehead atoms. The van der Waals surface area contributed by atoms with Crippen LogP contribution in [-0.2, 0) is 13.1 Å². The van der Waals surface area contributed by atoms with E-state index in [0.717, 1.165) is 18.7 Å². The fourth-order valence-corrected chi connectivity index (χ4v) is 1.93. The molecule has 2 aromatic rings. The van der Waals surface area contributed by atoms with Gasteiger partial charge in [0.2, 0.25) is 0 Å². The lowest BCUT2D eigenvalue weighted by Gasteiger charge is -1.98. The van der Waals surface area contributed by atoms with Crippen LogP contribution in [0.25, 0.3) is 0 Å². The summed E-state index contributed by atoms with van der Waals surface area (Å²) in [5, 5.41) is 0. The number of imidazole rings is 1. The highest BCUT2D eigenvalue weighted by Gasteiger charge is 2.05. The van der Waals surface area contributed by atoms with Crippen molar-refractivity contribution in [3.8, 4) is 0 Å². The number of hydrogen-bond acceptors (Lipinski definition) is 2. The summed E-state index contributed by atoms with van der Waals surface area (Å²) in [6.07, 6.45) is 4.55. The summed E-state index contributed by atoms with van der Waals surface area (Å²) < 4.78 is 9.39. The van der Waals surface area contributed by atoms with Gasteiger partial charge in [-0.1, -0.05) is 6.92 Å². The molecule has 0 fully saturated rings. The molecule has 0 N–H and O–H groups in total. The predicted octanol–water partition coefficient (Wildman–Crippen LogP) is 2.46. The largest absolute Gasteiger partial charge is 0.452 e. The van der Waals surface area contributed by atoms with Gasteiger partial charge in [0.05, 0.1) is 6.54 Å². The first kappa shape index (κ1) is 11.3. The molecule has 0 atom stereocenters. The van der Waals surface area contributed by atoms with Crippen LogP contribution in [0.5, 0.6) is 0 Å². The summed E-state index contributed by atoms with van der Waals surface area (Å²) in [5.74, 6) is 0.767. The van der Waals surface area contributed by atoms with Crippen molar-refractivity contribution in [2.45, 2.75) is 26.4 Å². The fourth-order valence-electron chi connectivity index (χ4n) is 1.59. The Morgan fingerprint density at radius 1 is 1.31 bits per heavy atom. The summed E-state index contributed by atoms with van der Waals surface area (Å²) >= 11 is 3.23. The number of hydrogen-bond donors (Lipinski definition) is 0. The van der Waals surface area contributed by atoms with Gasteiger partial charge >= 0.3 is 5.69 Å². The zero-order chi connectivity index (χ0) is 11.5. The van der Waals surface area contributed by atoms with Crippen LogP contribution in [0.3, 0.4) is 0 Å². The fraction of sp³-hybridized carbons (Fsp3) is 0.364. The number of rotatable bonds is 4. The van der Waals surface area contributed by atoms with Crippen molar-refractivity contribution in [2.75, 3.05) is 0 Å². The molecule has 2 rings (SSSR count). The average Bonchev–Trinajstić information content (AvgIpc) is 2.80. The van der Waals surface area contributed by atoms with Gasteiger partial charge in [0.1, 0.15) is 5.76 Å². The number of halogens is 1. The first-order valence-electron chi connectivity index (χ1n) is 5.20. The molecule has 2 aromatic heterocycles. The lowest BCUT2D eigenvalue weighted by Crippen LogP contribution is -2.24. The maximum absolute atomic E-state index is 11.8. The lowest BCUT2D eigenvalue weighted by atomic mass is 10.4. The van der Waals surface area contributed by atoms with Crippen molar-refractivity contribution < 1.29 is 4.42 Å². The van der Waals surface area contributed by atoms with Gasteiger partial charge in [-0.2, -0.15) is 0 Å². The Morgan fingerprint density at radius 3 is 2.69 bits per heavy atom. The molecule has 4 nitrogen and oxygen atoms in total. The minimum Gasteiger partial charge on any atom is -0.452 e. The van der Waals surface area contributed by atoms with Gasteiger partial charge in [-0.25, -0.2) is 4.79 Å². The second-order valence-corrected chi connectivity index (χ2v) is 4.39. The summed E-state index contributed by atoms with van der Waals surface area (Å²) in [4.78, 5) is 11.8. The predicted molar refractivity (Wildman–Crippen MR) is 64.5 cm³/mol. The van der Waals surface area contributed by atoms with E-state index in [4.69, 9.17) is 4.42 Å². The van der Waals surface area contributed by atoms with Gasteiger partial charge in [-0.05, 0) is 34.5 Å². The molecule has 0 unspecified atom stereocenters. The quantitative estimate of drug-likeness (QED) is 0.865. The minimum atomic E-state index is 0.00868. The Morgan fingerprint density at radius 2 is 2.06 bits per heavy atom. The minimum absolute atomic E-state index is 0.00868. The first-order chi connectivity index (χ1) is 7.70. The van der Waals surface area contributed by atoms with Gasteiger partial charge in [0.15, 0.2) is 4.67 Å². The van der Waals surface area contributed by atoms with Crippen molar-refractivity contribution >= 4 is 15.9 Å². The van der Waals surface area contributed by atoms with E-state index in [-0.39, 0.29) is 5.69 Å². The van der Waals surface area contributed by atoms with Crippen molar-refractivity contribution in [3.63, 3.8) is 0 Å². The zero-order valence-electron chi connectivity index (χ0n) is 9.02. The van der Waals surface area contributed by atoms with E-state index < -0.39 is 0 Å². The van der Waals surface area contributed by atoms with Crippen molar-refractivity contribution in [1.82, 2.24) is 9.13 Å². The van der Waals surface area contributed by atoms with E-state index in [0.29, 0.717) is 11.2 Å². The van der Waals surface area contributed by atoms with E-state index in [2.05, 4.69) is 15.9 Å². The van der Waals surface area contributed by atoms with E-state index in [1.54, 1.807) is 15.3 Å². The van der Waals surface area contributed by atoms with Crippen molar-refractivity contribution in [2.24, 2.45) is 0 Å². The summed E-state index contributed by atoms with van der Waals surface area (Å²) in [6.45, 7) is 3.28. The molecule has 16 heavy (non-hydrogen) atoms. The third-order valence-corrected chi connectivity index (χ3v) is 2.76. The summed E-state index contributed by atoms with van der Waals surface area (Å²) in [6, 6.07) is 3.68. The first-order valence-corrected chi connectivity index (χ1v) is 6.00. The van der Waals surface area contributed by atoms with Crippen LogP contribution in [0.4, 0.5) is 0 Å². The van der Waals surface area contributed by atoms with Crippen LogP contribution in [0.2, 0.25) is 0 Å². The van der Waals surface area contributed by atoms with Gasteiger partial charge in [0, 0.05) is 18.9 Å². The van der Waals surface area contributed by atoms with Crippen LogP contribution in [0.1, 0.15) is 19.1 Å². The molecule has 0 aliphatic carbocycles. The number of furan rings is 1. The Hall–Kier alpha value is -1.23. The Bertz CT molecular complexity index is 524. The van der Waals surface area contributed by atoms with Crippen LogP contribution < -0.4 is 5.69 Å². The zero-order valence-corrected chi connectivity index (χ0v) is 10.6. The normalized spacial score (nSPS) is 10.9. The van der Waals surface area contributed by atoms with E-state index >= 15 is 0 Å².